The molecule has 0 radical (unpaired) electrons. The Morgan fingerprint density at radius 2 is 1.48 bits per heavy atom. The maximum atomic E-state index is 13.9. The van der Waals surface area contributed by atoms with Crippen molar-refractivity contribution in [1.82, 2.24) is 4.90 Å². The zero-order chi connectivity index (χ0) is 21.3. The van der Waals surface area contributed by atoms with Crippen LogP contribution >= 0.6 is 0 Å². The van der Waals surface area contributed by atoms with E-state index in [2.05, 4.69) is 0 Å². The molecular formula is C13H20F9NO3Si. The summed E-state index contributed by atoms with van der Waals surface area (Å²) in [6.07, 6.45) is -10.3. The van der Waals surface area contributed by atoms with Crippen molar-refractivity contribution in [2.45, 2.75) is 48.9 Å². The second kappa shape index (κ2) is 8.04. The molecule has 162 valence electrons. The number of halogens is 9. The summed E-state index contributed by atoms with van der Waals surface area (Å²) in [7, 11) is 0.157. The van der Waals surface area contributed by atoms with Crippen LogP contribution in [0.3, 0.4) is 0 Å². The van der Waals surface area contributed by atoms with Gasteiger partial charge in [0.05, 0.1) is 6.10 Å². The van der Waals surface area contributed by atoms with Crippen molar-refractivity contribution in [3.63, 3.8) is 0 Å². The number of hydrogen-bond acceptors (Lipinski definition) is 4. The molecule has 0 N–H and O–H groups in total. The maximum Gasteiger partial charge on any atom is 0.500 e. The Bertz CT molecular complexity index is 500. The molecule has 0 spiro atoms. The Balaban J connectivity index is 3.15. The lowest BCUT2D eigenvalue weighted by Gasteiger charge is -2.39. The molecule has 1 aliphatic rings. The van der Waals surface area contributed by atoms with Gasteiger partial charge in [0, 0.05) is 33.2 Å². The molecule has 0 aromatic rings. The van der Waals surface area contributed by atoms with E-state index in [4.69, 9.17) is 13.3 Å². The van der Waals surface area contributed by atoms with Crippen LogP contribution in [0.4, 0.5) is 39.5 Å². The average molecular weight is 437 g/mol. The monoisotopic (exact) mass is 437 g/mol. The smallest absolute Gasteiger partial charge is 0.377 e. The number of likely N-dealkylation sites (N-methyl/N-ethyl adjacent to an activating group) is 1. The van der Waals surface area contributed by atoms with Crippen LogP contribution in [0, 0.1) is 0 Å². The van der Waals surface area contributed by atoms with E-state index < -0.39 is 51.8 Å². The van der Waals surface area contributed by atoms with Crippen molar-refractivity contribution in [1.29, 1.82) is 0 Å². The highest BCUT2D eigenvalue weighted by atomic mass is 28.4. The Morgan fingerprint density at radius 3 is 1.93 bits per heavy atom. The topological polar surface area (TPSA) is 30.9 Å². The van der Waals surface area contributed by atoms with Crippen molar-refractivity contribution in [3.8, 4) is 0 Å². The molecule has 0 bridgehead atoms. The molecule has 1 saturated heterocycles. The third-order valence-corrected chi connectivity index (χ3v) is 7.10. The molecule has 1 unspecified atom stereocenters. The molecule has 1 heterocycles. The first-order valence-electron chi connectivity index (χ1n) is 7.72. The van der Waals surface area contributed by atoms with Crippen molar-refractivity contribution in [2.24, 2.45) is 0 Å². The summed E-state index contributed by atoms with van der Waals surface area (Å²) in [5.41, 5.74) is 0. The molecule has 4 nitrogen and oxygen atoms in total. The fraction of sp³-hybridized carbons (Fsp3) is 1.00. The van der Waals surface area contributed by atoms with Gasteiger partial charge >= 0.3 is 32.7 Å². The summed E-state index contributed by atoms with van der Waals surface area (Å²) in [5.74, 6) is -19.3. The fourth-order valence-corrected chi connectivity index (χ4v) is 4.81. The highest BCUT2D eigenvalue weighted by molar-refractivity contribution is 6.60. The molecule has 14 heteroatoms. The third kappa shape index (κ3) is 4.89. The van der Waals surface area contributed by atoms with E-state index in [0.29, 0.717) is 13.0 Å². The molecule has 0 aromatic carbocycles. The van der Waals surface area contributed by atoms with E-state index in [0.717, 1.165) is 14.2 Å². The summed E-state index contributed by atoms with van der Waals surface area (Å²) in [6, 6.07) is 0.127. The molecule has 27 heavy (non-hydrogen) atoms. The molecule has 1 rings (SSSR count). The lowest BCUT2D eigenvalue weighted by atomic mass is 9.98. The van der Waals surface area contributed by atoms with Crippen molar-refractivity contribution in [2.75, 3.05) is 34.4 Å². The summed E-state index contributed by atoms with van der Waals surface area (Å²) in [6.45, 7) is -0.104. The first-order chi connectivity index (χ1) is 12.1. The average Bonchev–Trinajstić information content (AvgIpc) is 2.50. The van der Waals surface area contributed by atoms with E-state index in [9.17, 15) is 39.5 Å². The highest BCUT2D eigenvalue weighted by Gasteiger charge is 2.81. The Hall–Kier alpha value is -0.573. The summed E-state index contributed by atoms with van der Waals surface area (Å²) in [5, 5.41) is 0. The number of alkyl halides is 9. The van der Waals surface area contributed by atoms with Crippen LogP contribution in [0.15, 0.2) is 0 Å². The molecule has 0 saturated carbocycles. The van der Waals surface area contributed by atoms with Crippen LogP contribution < -0.4 is 0 Å². The fourth-order valence-electron chi connectivity index (χ4n) is 2.67. The lowest BCUT2D eigenvalue weighted by molar-refractivity contribution is -0.398. The van der Waals surface area contributed by atoms with Gasteiger partial charge in [-0.3, -0.25) is 0 Å². The van der Waals surface area contributed by atoms with E-state index in [1.54, 1.807) is 0 Å². The second-order valence-corrected chi connectivity index (χ2v) is 9.17. The molecule has 0 aromatic heterocycles. The minimum Gasteiger partial charge on any atom is -0.377 e. The lowest BCUT2D eigenvalue weighted by Crippen LogP contribution is -2.62. The first-order valence-corrected chi connectivity index (χ1v) is 9.65. The number of nitrogens with zero attached hydrogens (tertiary/aromatic N) is 1. The van der Waals surface area contributed by atoms with Gasteiger partial charge in [0.15, 0.2) is 0 Å². The van der Waals surface area contributed by atoms with Gasteiger partial charge in [-0.1, -0.05) is 0 Å². The molecule has 0 amide bonds. The van der Waals surface area contributed by atoms with Crippen molar-refractivity contribution < 1.29 is 52.8 Å². The van der Waals surface area contributed by atoms with Gasteiger partial charge in [-0.25, -0.2) is 0 Å². The molecule has 0 aliphatic carbocycles. The van der Waals surface area contributed by atoms with Crippen LogP contribution in [0.1, 0.15) is 12.8 Å². The first kappa shape index (κ1) is 24.5. The standard InChI is InChI=1S/C13H20F9NO3Si/c1-23-5-4-6-27(24-2,25-3)26-9(8-23)7-10(14,15)11(16,17)12(18,19)13(20,21)22/h9H,4-8H2,1-3H3. The predicted molar refractivity (Wildman–Crippen MR) is 77.1 cm³/mol. The quantitative estimate of drug-likeness (QED) is 0.467. The largest absolute Gasteiger partial charge is 0.500 e. The van der Waals surface area contributed by atoms with Gasteiger partial charge in [0.2, 0.25) is 0 Å². The van der Waals surface area contributed by atoms with Gasteiger partial charge in [-0.15, -0.1) is 0 Å². The van der Waals surface area contributed by atoms with Crippen LogP contribution in [0.2, 0.25) is 6.04 Å². The van der Waals surface area contributed by atoms with E-state index >= 15 is 0 Å². The normalized spacial score (nSPS) is 23.8. The van der Waals surface area contributed by atoms with Crippen LogP contribution in [-0.2, 0) is 13.3 Å². The minimum absolute atomic E-state index is 0.127. The Kier molecular flexibility index (Phi) is 7.29. The summed E-state index contributed by atoms with van der Waals surface area (Å²) >= 11 is 0. The summed E-state index contributed by atoms with van der Waals surface area (Å²) < 4.78 is 133. The molecule has 1 fully saturated rings. The summed E-state index contributed by atoms with van der Waals surface area (Å²) in [4.78, 5) is 1.41. The SMILES string of the molecule is CO[Si]1(OC)CCCN(C)CC(CC(F)(F)C(F)(F)C(F)(F)C(F)(F)F)O1. The van der Waals surface area contributed by atoms with Crippen molar-refractivity contribution >= 4 is 8.80 Å². The highest BCUT2D eigenvalue weighted by Crippen LogP contribution is 2.54. The Morgan fingerprint density at radius 1 is 0.963 bits per heavy atom. The van der Waals surface area contributed by atoms with E-state index in [-0.39, 0.29) is 6.04 Å². The minimum atomic E-state index is -6.92. The van der Waals surface area contributed by atoms with Gasteiger partial charge in [-0.2, -0.15) is 39.5 Å². The van der Waals surface area contributed by atoms with Gasteiger partial charge in [0.1, 0.15) is 0 Å². The molecular weight excluding hydrogens is 417 g/mol. The molecule has 1 atom stereocenters. The van der Waals surface area contributed by atoms with Gasteiger partial charge < -0.3 is 18.2 Å². The number of rotatable bonds is 6. The molecule has 1 aliphatic heterocycles. The van der Waals surface area contributed by atoms with Gasteiger partial charge in [0.25, 0.3) is 0 Å². The second-order valence-electron chi connectivity index (χ2n) is 6.25. The zero-order valence-electron chi connectivity index (χ0n) is 14.7. The van der Waals surface area contributed by atoms with Crippen LogP contribution in [0.25, 0.3) is 0 Å². The predicted octanol–water partition coefficient (Wildman–Crippen LogP) is 3.80. The van der Waals surface area contributed by atoms with E-state index in [1.807, 2.05) is 0 Å². The van der Waals surface area contributed by atoms with Crippen molar-refractivity contribution in [3.05, 3.63) is 0 Å². The zero-order valence-corrected chi connectivity index (χ0v) is 15.7. The number of hydrogen-bond donors (Lipinski definition) is 0. The van der Waals surface area contributed by atoms with Gasteiger partial charge in [-0.05, 0) is 20.0 Å². The van der Waals surface area contributed by atoms with Crippen LogP contribution in [0.5, 0.6) is 0 Å². The van der Waals surface area contributed by atoms with Crippen LogP contribution in [-0.4, -0.2) is 78.1 Å². The maximum absolute atomic E-state index is 13.9. The third-order valence-electron chi connectivity index (χ3n) is 4.20. The van der Waals surface area contributed by atoms with E-state index in [1.165, 1.54) is 11.9 Å². The Labute approximate surface area is 150 Å².